The first-order valence-electron chi connectivity index (χ1n) is 35.5. The average Bonchev–Trinajstić information content (AvgIpc) is 1.70. The predicted octanol–water partition coefficient (Wildman–Crippen LogP) is 6.36. The van der Waals surface area contributed by atoms with Gasteiger partial charge in [-0.25, -0.2) is 4.39 Å². The van der Waals surface area contributed by atoms with Crippen LogP contribution in [0.25, 0.3) is 0 Å². The molecule has 4 saturated carbocycles. The van der Waals surface area contributed by atoms with Crippen LogP contribution in [0.5, 0.6) is 0 Å². The molecule has 7 fully saturated rings. The van der Waals surface area contributed by atoms with Crippen molar-refractivity contribution in [3.63, 3.8) is 0 Å². The summed E-state index contributed by atoms with van der Waals surface area (Å²) in [5, 5.41) is 8.82. The monoisotopic (exact) mass is 1350 g/mol. The summed E-state index contributed by atoms with van der Waals surface area (Å²) in [4.78, 5) is 174. The van der Waals surface area contributed by atoms with E-state index in [0.29, 0.717) is 38.5 Å². The smallest absolute Gasteiger partial charge is 0.343 e. The standard InChI is InChI=1S/C69H111F4N11O11/c1-13-42(4)57-65(93)79(9)44(6)61(89)84-35-31-52(84)64(92)81(11)54(39-45-22-15-14-16-23-45)63(91)77(7)40-55(85)74-50(30-28-46-27-29-48(49(70)38-46)69(71,72)73)62(90)83-34-21-26-51(83)60(88)76-68(32-19-20-33-68)67(95)82(12)58(47-24-17-18-25-47)66(94)78(8)43(5)37-56(86)80(10)53(36-41(2)3)59(87)75-57/h41-54,57-58H,13-40H2,1-12H3,(H,74,85)(H,75,87)(H,76,88)/t42-,43+,44-,46?,48?,49?,50-,51-,52-,53-,54-,57-,58-/m0/s1. The van der Waals surface area contributed by atoms with Gasteiger partial charge >= 0.3 is 6.18 Å². The Hall–Kier alpha value is -6.11. The van der Waals surface area contributed by atoms with E-state index in [9.17, 15) is 51.5 Å². The van der Waals surface area contributed by atoms with Crippen LogP contribution in [0.4, 0.5) is 17.6 Å². The van der Waals surface area contributed by atoms with Crippen molar-refractivity contribution in [2.24, 2.45) is 35.5 Å². The third kappa shape index (κ3) is 18.0. The fraction of sp³-hybridized carbons (Fsp3) is 0.841. The highest BCUT2D eigenvalue weighted by Crippen LogP contribution is 2.43. The van der Waals surface area contributed by atoms with Gasteiger partial charge in [0.05, 0.1) is 12.5 Å². The molecule has 26 heteroatoms. The van der Waals surface area contributed by atoms with Gasteiger partial charge in [-0.3, -0.25) is 52.7 Å². The molecule has 536 valence electrons. The van der Waals surface area contributed by atoms with Gasteiger partial charge in [0.1, 0.15) is 60.0 Å². The number of rotatable bonds is 10. The third-order valence-electron chi connectivity index (χ3n) is 22.8. The number of hydrogen-bond donors (Lipinski definition) is 3. The van der Waals surface area contributed by atoms with E-state index in [2.05, 4.69) is 16.0 Å². The number of nitrogens with zero attached hydrogens (tertiary/aromatic N) is 8. The Bertz CT molecular complexity index is 2760. The SMILES string of the molecule is CC[C@H](C)[C@@H]1NC(=O)[C@H](CC(C)C)N(C)C(=O)C[C@@H](C)N(C)C(=O)[C@H](C2CCCC2)N(C)C(=O)C2(CCCC2)NC(=O)[C@@H]2CCCN2C(=O)[C@H](CCC2CCC(C(F)(F)F)C(F)C2)NC(=O)CN(C)C(=O)[C@H](CC2CCCCC2)N(C)C(=O)[C@@H]2CCN2C(=O)[C@H](C)N(C)C1=O. The Morgan fingerprint density at radius 2 is 1.21 bits per heavy atom. The molecule has 3 unspecified atom stereocenters. The van der Waals surface area contributed by atoms with Gasteiger partial charge < -0.3 is 55.1 Å². The van der Waals surface area contributed by atoms with Crippen LogP contribution in [-0.4, -0.2) is 238 Å². The van der Waals surface area contributed by atoms with E-state index in [4.69, 9.17) is 0 Å². The maximum atomic E-state index is 15.4. The van der Waals surface area contributed by atoms with Crippen molar-refractivity contribution < 1.29 is 70.3 Å². The van der Waals surface area contributed by atoms with Gasteiger partial charge in [0.2, 0.25) is 65.0 Å². The average molecular weight is 1350 g/mol. The summed E-state index contributed by atoms with van der Waals surface area (Å²) in [6.45, 7) is 10.4. The van der Waals surface area contributed by atoms with Crippen LogP contribution in [0.2, 0.25) is 0 Å². The van der Waals surface area contributed by atoms with E-state index in [1.165, 1.54) is 62.5 Å². The molecule has 0 aromatic carbocycles. The highest BCUT2D eigenvalue weighted by atomic mass is 19.4. The Morgan fingerprint density at radius 3 is 1.80 bits per heavy atom. The summed E-state index contributed by atoms with van der Waals surface area (Å²) in [6.07, 6.45) is 2.55. The second kappa shape index (κ2) is 33.0. The van der Waals surface area contributed by atoms with E-state index in [-0.39, 0.29) is 95.1 Å². The third-order valence-corrected chi connectivity index (χ3v) is 22.8. The fourth-order valence-electron chi connectivity index (χ4n) is 16.1. The first kappa shape index (κ1) is 76.3. The number of nitrogens with one attached hydrogen (secondary N) is 3. The van der Waals surface area contributed by atoms with E-state index in [0.717, 1.165) is 49.8 Å². The zero-order chi connectivity index (χ0) is 70.1. The normalized spacial score (nSPS) is 32.0. The summed E-state index contributed by atoms with van der Waals surface area (Å²) >= 11 is 0. The summed E-state index contributed by atoms with van der Waals surface area (Å²) < 4.78 is 56.7. The molecule has 0 aromatic rings. The zero-order valence-corrected chi connectivity index (χ0v) is 58.6. The first-order valence-corrected chi connectivity index (χ1v) is 35.5. The molecule has 0 bridgehead atoms. The molecule has 0 radical (unpaired) electrons. The van der Waals surface area contributed by atoms with Crippen molar-refractivity contribution in [1.29, 1.82) is 0 Å². The van der Waals surface area contributed by atoms with Crippen LogP contribution in [0, 0.1) is 35.5 Å². The van der Waals surface area contributed by atoms with Crippen LogP contribution in [0.15, 0.2) is 0 Å². The maximum absolute atomic E-state index is 15.4. The van der Waals surface area contributed by atoms with E-state index in [1.54, 1.807) is 34.9 Å². The van der Waals surface area contributed by atoms with Gasteiger partial charge in [-0.2, -0.15) is 13.2 Å². The molecular weight excluding hydrogens is 1230 g/mol. The lowest BCUT2D eigenvalue weighted by atomic mass is 9.78. The summed E-state index contributed by atoms with van der Waals surface area (Å²) in [5.41, 5.74) is -1.48. The Morgan fingerprint density at radius 1 is 0.579 bits per heavy atom. The molecule has 7 rings (SSSR count). The van der Waals surface area contributed by atoms with Crippen molar-refractivity contribution in [2.45, 2.75) is 274 Å². The van der Waals surface area contributed by atoms with Gasteiger partial charge in [0.15, 0.2) is 0 Å². The lowest BCUT2D eigenvalue weighted by Crippen LogP contribution is -2.65. The molecule has 22 nitrogen and oxygen atoms in total. The minimum Gasteiger partial charge on any atom is -0.343 e. The Labute approximate surface area is 560 Å². The molecule has 4 aliphatic carbocycles. The van der Waals surface area contributed by atoms with Crippen LogP contribution >= 0.6 is 0 Å². The number of halogens is 4. The summed E-state index contributed by atoms with van der Waals surface area (Å²) in [6, 6.07) is -9.68. The number of carbonyl (C=O) groups is 11. The molecule has 7 aliphatic rings. The van der Waals surface area contributed by atoms with E-state index < -0.39 is 174 Å². The fourth-order valence-corrected chi connectivity index (χ4v) is 16.1. The lowest BCUT2D eigenvalue weighted by molar-refractivity contribution is -0.201. The van der Waals surface area contributed by atoms with Gasteiger partial charge in [-0.1, -0.05) is 91.9 Å². The molecule has 13 atom stereocenters. The van der Waals surface area contributed by atoms with Crippen molar-refractivity contribution in [3.05, 3.63) is 0 Å². The summed E-state index contributed by atoms with van der Waals surface area (Å²) in [7, 11) is 9.00. The highest BCUT2D eigenvalue weighted by Gasteiger charge is 2.53. The molecular formula is C69H111F4N11O11. The lowest BCUT2D eigenvalue weighted by Gasteiger charge is -2.45. The van der Waals surface area contributed by atoms with Crippen molar-refractivity contribution in [3.8, 4) is 0 Å². The number of likely N-dealkylation sites (N-methyl/N-ethyl adjacent to an activating group) is 6. The minimum absolute atomic E-state index is 0.0194. The zero-order valence-electron chi connectivity index (χ0n) is 58.6. The minimum atomic E-state index is -4.73. The maximum Gasteiger partial charge on any atom is 0.394 e. The van der Waals surface area contributed by atoms with E-state index in [1.807, 2.05) is 20.8 Å². The van der Waals surface area contributed by atoms with Crippen LogP contribution in [0.1, 0.15) is 202 Å². The molecule has 3 saturated heterocycles. The molecule has 3 N–H and O–H groups in total. The molecule has 1 spiro atoms. The second-order valence-corrected chi connectivity index (χ2v) is 29.8. The quantitative estimate of drug-likeness (QED) is 0.203. The highest BCUT2D eigenvalue weighted by molar-refractivity contribution is 6.00. The predicted molar refractivity (Wildman–Crippen MR) is 348 cm³/mol. The van der Waals surface area contributed by atoms with Crippen LogP contribution in [-0.2, 0) is 52.7 Å². The largest absolute Gasteiger partial charge is 0.394 e. The van der Waals surface area contributed by atoms with Gasteiger partial charge in [0, 0.05) is 67.8 Å². The molecule has 95 heavy (non-hydrogen) atoms. The second-order valence-electron chi connectivity index (χ2n) is 29.8. The number of amides is 11. The van der Waals surface area contributed by atoms with Crippen LogP contribution < -0.4 is 16.0 Å². The van der Waals surface area contributed by atoms with Crippen molar-refractivity contribution in [2.75, 3.05) is 61.9 Å². The van der Waals surface area contributed by atoms with Crippen LogP contribution in [0.3, 0.4) is 0 Å². The molecule has 3 aliphatic heterocycles. The van der Waals surface area contributed by atoms with Gasteiger partial charge in [-0.05, 0) is 133 Å². The Kier molecular flexibility index (Phi) is 26.5. The van der Waals surface area contributed by atoms with Crippen molar-refractivity contribution in [1.82, 2.24) is 55.1 Å². The van der Waals surface area contributed by atoms with Gasteiger partial charge in [-0.15, -0.1) is 0 Å². The van der Waals surface area contributed by atoms with Gasteiger partial charge in [0.25, 0.3) is 0 Å². The molecule has 11 amide bonds. The first-order chi connectivity index (χ1) is 44.7. The van der Waals surface area contributed by atoms with E-state index >= 15 is 18.8 Å². The summed E-state index contributed by atoms with van der Waals surface area (Å²) in [5.74, 6) is -9.73. The van der Waals surface area contributed by atoms with Crippen molar-refractivity contribution >= 4 is 65.0 Å². The number of hydrogen-bond acceptors (Lipinski definition) is 11. The molecule has 3 heterocycles. The Balaban J connectivity index is 1.24. The molecule has 0 aromatic heterocycles. The topological polar surface area (TPSA) is 250 Å². The number of fused-ring (bicyclic) bond motifs is 2. The number of alkyl halides is 4. The number of carbonyl (C=O) groups excluding carboxylic acids is 11.